The molecule has 0 bridgehead atoms. The van der Waals surface area contributed by atoms with E-state index in [4.69, 9.17) is 9.47 Å². The maximum atomic E-state index is 5.08. The molecule has 15 rings (SSSR count). The number of ether oxygens (including phenoxy) is 2. The summed E-state index contributed by atoms with van der Waals surface area (Å²) in [5, 5.41) is 14.4. The van der Waals surface area contributed by atoms with Gasteiger partial charge in [0, 0.05) is 79.6 Å². The monoisotopic (exact) mass is 1890 g/mol. The van der Waals surface area contributed by atoms with Crippen LogP contribution < -0.4 is 9.47 Å². The van der Waals surface area contributed by atoms with Gasteiger partial charge < -0.3 is 9.47 Å². The van der Waals surface area contributed by atoms with E-state index >= 15 is 0 Å². The van der Waals surface area contributed by atoms with Gasteiger partial charge in [0.1, 0.15) is 11.8 Å². The van der Waals surface area contributed by atoms with E-state index in [1.807, 2.05) is 307 Å². The molecule has 0 atom stereocenters. The molecule has 6 aromatic heterocycles. The van der Waals surface area contributed by atoms with Crippen LogP contribution in [0, 0.1) is 53.3 Å². The first-order valence-electron chi connectivity index (χ1n) is 52.7. The zero-order valence-corrected chi connectivity index (χ0v) is 98.3. The number of rotatable bonds is 1. The van der Waals surface area contributed by atoms with Crippen LogP contribution in [0.5, 0.6) is 11.5 Å². The molecule has 12 nitrogen and oxygen atoms in total. The predicted molar refractivity (Wildman–Crippen MR) is 628 cm³/mol. The van der Waals surface area contributed by atoms with Crippen molar-refractivity contribution >= 4 is 43.5 Å². The molecule has 1 fully saturated rings. The molecule has 0 unspecified atom stereocenters. The molecule has 1 aliphatic carbocycles. The quantitative estimate of drug-likeness (QED) is 0.155. The van der Waals surface area contributed by atoms with E-state index in [1.54, 1.807) is 55.6 Å². The highest BCUT2D eigenvalue weighted by atomic mass is 16.7. The lowest BCUT2D eigenvalue weighted by atomic mass is 10.0. The van der Waals surface area contributed by atoms with E-state index in [0.29, 0.717) is 12.8 Å². The lowest BCUT2D eigenvalue weighted by Gasteiger charge is -2.05. The normalized spacial score (nSPS) is 9.34. The molecule has 1 aliphatic heterocycles. The Labute approximate surface area is 851 Å². The highest BCUT2D eigenvalue weighted by molar-refractivity contribution is 5.82. The van der Waals surface area contributed by atoms with Crippen LogP contribution in [0.25, 0.3) is 43.5 Å². The number of benzene rings is 7. The summed E-state index contributed by atoms with van der Waals surface area (Å²) in [6, 6.07) is 74.5. The van der Waals surface area contributed by atoms with Gasteiger partial charge in [-0.25, -0.2) is 14.6 Å². The maximum Gasteiger partial charge on any atom is 0.231 e. The number of aromatic nitrogens is 10. The van der Waals surface area contributed by atoms with E-state index in [0.717, 1.165) is 81.3 Å². The second-order valence-corrected chi connectivity index (χ2v) is 33.4. The van der Waals surface area contributed by atoms with E-state index < -0.39 is 0 Å². The van der Waals surface area contributed by atoms with Crippen molar-refractivity contribution < 1.29 is 9.47 Å². The number of nitrogens with zero attached hydrogens (tertiary/aromatic N) is 10. The van der Waals surface area contributed by atoms with Gasteiger partial charge in [-0.15, -0.1) is 5.10 Å². The molecule has 137 heavy (non-hydrogen) atoms. The van der Waals surface area contributed by atoms with Crippen molar-refractivity contribution in [2.45, 2.75) is 384 Å². The number of pyridine rings is 3. The highest BCUT2D eigenvalue weighted by Gasteiger charge is 2.10. The topological polar surface area (TPSA) is 139 Å². The molecule has 0 amide bonds. The third-order valence-electron chi connectivity index (χ3n) is 11.6. The van der Waals surface area contributed by atoms with Gasteiger partial charge >= 0.3 is 0 Å². The molecular formula is C125H220N10O2. The second kappa shape index (κ2) is 137. The molecule has 2 aliphatic rings. The van der Waals surface area contributed by atoms with Gasteiger partial charge in [-0.1, -0.05) is 533 Å². The Balaban J connectivity index is -0.0000000972. The van der Waals surface area contributed by atoms with Crippen LogP contribution >= 0.6 is 0 Å². The summed E-state index contributed by atoms with van der Waals surface area (Å²) in [6.45, 7) is 103. The van der Waals surface area contributed by atoms with Gasteiger partial charge in [0.25, 0.3) is 0 Å². The molecule has 0 N–H and O–H groups in total. The van der Waals surface area contributed by atoms with Gasteiger partial charge in [-0.3, -0.25) is 24.9 Å². The molecule has 12 heteroatoms. The Bertz CT molecular complexity index is 3350. The number of hydrogen-bond donors (Lipinski definition) is 0. The van der Waals surface area contributed by atoms with Crippen LogP contribution in [0.2, 0.25) is 0 Å². The number of para-hydroxylation sites is 4. The number of hydrogen-bond acceptors (Lipinski definition) is 11. The Kier molecular flexibility index (Phi) is 157. The lowest BCUT2D eigenvalue weighted by Crippen LogP contribution is -2.02. The smallest absolute Gasteiger partial charge is 0.231 e. The molecule has 7 aromatic carbocycles. The predicted octanol–water partition coefficient (Wildman–Crippen LogP) is 42.0. The summed E-state index contributed by atoms with van der Waals surface area (Å²) in [5.74, 6) is 9.19. The fourth-order valence-electron chi connectivity index (χ4n) is 7.55. The largest absolute Gasteiger partial charge is 0.454 e. The SMILES string of the molecule is C1CCCCC1.CC.CC.CC.CC.CC.CC.CC.CC.CC.CC.CC(C)C.CC(C)C.CC(C)C.CC(C)C.CC(C)C.CC(C)C.CC(C)C.CC(C)C.CC(C)C.CC(C)n1nnc2ccccc21.c1ccc2c(c1)OCO2.c1ccc2ccccc2c1.c1ccc2cnccc2c1.c1ccc2ncccc2c1.c1ccccc1.c1ccncc1.c1cnccn1.c1cncnc1. The molecule has 782 valence electrons. The molecular weight excluding hydrogens is 1670 g/mol. The molecule has 13 aromatic rings. The first kappa shape index (κ1) is 158. The second-order valence-electron chi connectivity index (χ2n) is 33.4. The first-order valence-corrected chi connectivity index (χ1v) is 52.7. The average molecular weight is 1900 g/mol. The van der Waals surface area contributed by atoms with Crippen LogP contribution in [-0.4, -0.2) is 56.7 Å². The van der Waals surface area contributed by atoms with Crippen LogP contribution in [0.15, 0.2) is 299 Å². The van der Waals surface area contributed by atoms with Crippen molar-refractivity contribution in [3.63, 3.8) is 0 Å². The summed E-state index contributed by atoms with van der Waals surface area (Å²) >= 11 is 0. The molecule has 0 saturated heterocycles. The van der Waals surface area contributed by atoms with Crippen molar-refractivity contribution in [2.75, 3.05) is 6.79 Å². The Hall–Kier alpha value is -10.1. The summed E-state index contributed by atoms with van der Waals surface area (Å²) in [7, 11) is 0. The Morgan fingerprint density at radius 1 is 0.212 bits per heavy atom. The lowest BCUT2D eigenvalue weighted by molar-refractivity contribution is 0.174. The minimum absolute atomic E-state index is 0.360. The Morgan fingerprint density at radius 3 is 0.715 bits per heavy atom. The molecule has 1 saturated carbocycles. The van der Waals surface area contributed by atoms with E-state index in [1.165, 1.54) is 71.8 Å². The van der Waals surface area contributed by atoms with Crippen molar-refractivity contribution in [1.82, 2.24) is 49.9 Å². The summed E-state index contributed by atoms with van der Waals surface area (Å²) < 4.78 is 12.1. The van der Waals surface area contributed by atoms with Gasteiger partial charge in [-0.2, -0.15) is 0 Å². The third-order valence-corrected chi connectivity index (χ3v) is 11.6. The molecule has 7 heterocycles. The zero-order valence-electron chi connectivity index (χ0n) is 98.3. The summed E-state index contributed by atoms with van der Waals surface area (Å²) in [4.78, 5) is 26.8. The summed E-state index contributed by atoms with van der Waals surface area (Å²) in [6.07, 6.45) is 29.4. The highest BCUT2D eigenvalue weighted by Crippen LogP contribution is 2.30. The maximum absolute atomic E-state index is 5.08. The first-order chi connectivity index (χ1) is 65.7. The zero-order chi connectivity index (χ0) is 109. The van der Waals surface area contributed by atoms with E-state index in [-0.39, 0.29) is 0 Å². The van der Waals surface area contributed by atoms with Crippen LogP contribution in [0.1, 0.15) is 384 Å². The van der Waals surface area contributed by atoms with Crippen LogP contribution in [-0.2, 0) is 0 Å². The van der Waals surface area contributed by atoms with Gasteiger partial charge in [0.15, 0.2) is 11.5 Å². The van der Waals surface area contributed by atoms with Crippen molar-refractivity contribution in [3.05, 3.63) is 299 Å². The van der Waals surface area contributed by atoms with E-state index in [2.05, 4.69) is 319 Å². The van der Waals surface area contributed by atoms with Gasteiger partial charge in [0.05, 0.1) is 11.0 Å². The van der Waals surface area contributed by atoms with Crippen molar-refractivity contribution in [1.29, 1.82) is 0 Å². The van der Waals surface area contributed by atoms with Crippen molar-refractivity contribution in [2.24, 2.45) is 53.3 Å². The fraction of sp³-hybridized carbons (Fsp3) is 0.528. The number of fused-ring (bicyclic) bond motifs is 5. The fourth-order valence-corrected chi connectivity index (χ4v) is 7.55. The Morgan fingerprint density at radius 2 is 0.460 bits per heavy atom. The molecule has 0 radical (unpaired) electrons. The standard InChI is InChI=1S/C10H8.C9H11N3.2C9H7N.C7H6O2.C6H12.C6H6.C5H5N.2C4H4N2.9C4H10.10C2H6/c1-2-6-10-8-4-3-7-9(10)5-1;1-7(2)12-9-6-4-3-5-8(9)10-11-12;1-2-6-9-8(4-1)5-3-7-10-9;1-2-4-9-7-10-6-5-8(9)3-1;1-2-4-7-6(3-1)8-5-9-7;3*1-2-4-6-5-3-1;1-2-6-4-3-5-1;1-2-5-4-6-3-1;9*1-4(2)3;10*1-2/h1-8H;3-7H,1-2H3;2*1-7H;1-4H,5H2;1-6H2;1-6H;1-5H;2*1-4H;9*4H,1-3H3;10*1-2H3. The van der Waals surface area contributed by atoms with Gasteiger partial charge in [0.2, 0.25) is 6.79 Å². The minimum Gasteiger partial charge on any atom is -0.454 e. The minimum atomic E-state index is 0.360. The van der Waals surface area contributed by atoms with Crippen molar-refractivity contribution in [3.8, 4) is 11.5 Å². The van der Waals surface area contributed by atoms with E-state index in [9.17, 15) is 0 Å². The summed E-state index contributed by atoms with van der Waals surface area (Å²) in [5.41, 5.74) is 3.13. The van der Waals surface area contributed by atoms with Crippen LogP contribution in [0.4, 0.5) is 0 Å². The van der Waals surface area contributed by atoms with Gasteiger partial charge in [-0.05, 0) is 149 Å². The average Bonchev–Trinajstić information content (AvgIpc) is 1.69. The molecule has 0 spiro atoms. The third kappa shape index (κ3) is 146. The van der Waals surface area contributed by atoms with Crippen LogP contribution in [0.3, 0.4) is 0 Å².